The fraction of sp³-hybridized carbons (Fsp3) is 0.143. The molecule has 0 amide bonds. The molecular weight excluding hydrogens is 170 g/mol. The zero-order chi connectivity index (χ0) is 9.10. The molecule has 1 N–H and O–H groups in total. The van der Waals surface area contributed by atoms with Crippen LogP contribution in [-0.4, -0.2) is 30.1 Å². The van der Waals surface area contributed by atoms with Crippen molar-refractivity contribution in [2.45, 2.75) is 6.61 Å². The zero-order valence-corrected chi connectivity index (χ0v) is 6.70. The number of aliphatic hydroxyl groups excluding tert-OH is 1. The van der Waals surface area contributed by atoms with Gasteiger partial charge in [-0.25, -0.2) is 9.67 Å². The summed E-state index contributed by atoms with van der Waals surface area (Å²) in [7, 11) is 0. The summed E-state index contributed by atoms with van der Waals surface area (Å²) in [6.45, 7) is -0.107. The Morgan fingerprint density at radius 2 is 2.23 bits per heavy atom. The molecule has 6 nitrogen and oxygen atoms in total. The van der Waals surface area contributed by atoms with Crippen LogP contribution in [0.5, 0.6) is 0 Å². The van der Waals surface area contributed by atoms with Crippen molar-refractivity contribution in [3.8, 4) is 5.82 Å². The molecule has 2 aromatic heterocycles. The van der Waals surface area contributed by atoms with Crippen LogP contribution in [0.25, 0.3) is 5.82 Å². The maximum Gasteiger partial charge on any atom is 0.177 e. The molecule has 0 fully saturated rings. The lowest BCUT2D eigenvalue weighted by Gasteiger charge is -1.97. The van der Waals surface area contributed by atoms with Gasteiger partial charge in [0.2, 0.25) is 0 Å². The maximum absolute atomic E-state index is 8.72. The van der Waals surface area contributed by atoms with Crippen molar-refractivity contribution in [3.63, 3.8) is 0 Å². The molecule has 0 aliphatic rings. The summed E-state index contributed by atoms with van der Waals surface area (Å²) in [5.74, 6) is 0.578. The fourth-order valence-corrected chi connectivity index (χ4v) is 0.886. The van der Waals surface area contributed by atoms with E-state index in [1.54, 1.807) is 12.1 Å². The molecular formula is C7H7N5O. The van der Waals surface area contributed by atoms with E-state index in [1.807, 2.05) is 0 Å². The molecule has 0 bridgehead atoms. The lowest BCUT2D eigenvalue weighted by molar-refractivity contribution is 0.275. The maximum atomic E-state index is 8.72. The zero-order valence-electron chi connectivity index (χ0n) is 6.70. The fourth-order valence-electron chi connectivity index (χ4n) is 0.886. The van der Waals surface area contributed by atoms with Crippen LogP contribution >= 0.6 is 0 Å². The average Bonchev–Trinajstić information content (AvgIpc) is 2.71. The topological polar surface area (TPSA) is 76.7 Å². The SMILES string of the molecule is OCc1ccc(-n2cncn2)nn1. The van der Waals surface area contributed by atoms with E-state index < -0.39 is 0 Å². The van der Waals surface area contributed by atoms with Gasteiger partial charge in [0.15, 0.2) is 5.82 Å². The second-order valence-electron chi connectivity index (χ2n) is 2.38. The molecule has 0 saturated carbocycles. The number of aliphatic hydroxyl groups is 1. The van der Waals surface area contributed by atoms with Gasteiger partial charge in [-0.15, -0.1) is 5.10 Å². The van der Waals surface area contributed by atoms with Crippen molar-refractivity contribution in [2.24, 2.45) is 0 Å². The van der Waals surface area contributed by atoms with E-state index in [9.17, 15) is 0 Å². The molecule has 0 aliphatic carbocycles. The largest absolute Gasteiger partial charge is 0.390 e. The van der Waals surface area contributed by atoms with Gasteiger partial charge < -0.3 is 5.11 Å². The minimum atomic E-state index is -0.107. The van der Waals surface area contributed by atoms with E-state index in [-0.39, 0.29) is 6.61 Å². The highest BCUT2D eigenvalue weighted by atomic mass is 16.3. The molecule has 2 aromatic rings. The first-order valence-electron chi connectivity index (χ1n) is 3.68. The third-order valence-corrected chi connectivity index (χ3v) is 1.52. The lowest BCUT2D eigenvalue weighted by Crippen LogP contribution is -2.01. The van der Waals surface area contributed by atoms with Crippen molar-refractivity contribution in [2.75, 3.05) is 0 Å². The summed E-state index contributed by atoms with van der Waals surface area (Å²) in [6.07, 6.45) is 2.95. The molecule has 0 atom stereocenters. The average molecular weight is 177 g/mol. The summed E-state index contributed by atoms with van der Waals surface area (Å²) in [5.41, 5.74) is 0.531. The van der Waals surface area contributed by atoms with Crippen molar-refractivity contribution < 1.29 is 5.11 Å². The third-order valence-electron chi connectivity index (χ3n) is 1.52. The minimum absolute atomic E-state index is 0.107. The Labute approximate surface area is 73.9 Å². The Hall–Kier alpha value is -1.82. The number of hydrogen-bond acceptors (Lipinski definition) is 5. The minimum Gasteiger partial charge on any atom is -0.390 e. The number of nitrogens with zero attached hydrogens (tertiary/aromatic N) is 5. The molecule has 0 saturated heterocycles. The predicted molar refractivity (Wildman–Crippen MR) is 42.9 cm³/mol. The van der Waals surface area contributed by atoms with Crippen LogP contribution in [0.15, 0.2) is 24.8 Å². The van der Waals surface area contributed by atoms with Crippen LogP contribution < -0.4 is 0 Å². The molecule has 2 rings (SSSR count). The van der Waals surface area contributed by atoms with Gasteiger partial charge in [-0.05, 0) is 12.1 Å². The smallest absolute Gasteiger partial charge is 0.177 e. The van der Waals surface area contributed by atoms with Gasteiger partial charge >= 0.3 is 0 Å². The monoisotopic (exact) mass is 177 g/mol. The van der Waals surface area contributed by atoms with Gasteiger partial charge in [0.25, 0.3) is 0 Å². The summed E-state index contributed by atoms with van der Waals surface area (Å²) in [4.78, 5) is 3.78. The van der Waals surface area contributed by atoms with E-state index in [2.05, 4.69) is 20.3 Å². The second kappa shape index (κ2) is 3.28. The van der Waals surface area contributed by atoms with Gasteiger partial charge in [-0.1, -0.05) is 0 Å². The standard InChI is InChI=1S/C7H7N5O/c13-3-6-1-2-7(11-10-6)12-5-8-4-9-12/h1-2,4-5,13H,3H2. The highest BCUT2D eigenvalue weighted by Crippen LogP contribution is 2.00. The second-order valence-corrected chi connectivity index (χ2v) is 2.38. The first-order valence-corrected chi connectivity index (χ1v) is 3.68. The molecule has 0 unspecified atom stereocenters. The van der Waals surface area contributed by atoms with Crippen LogP contribution in [0.1, 0.15) is 5.69 Å². The Morgan fingerprint density at radius 3 is 2.77 bits per heavy atom. The van der Waals surface area contributed by atoms with Crippen molar-refractivity contribution in [1.82, 2.24) is 25.0 Å². The molecule has 6 heteroatoms. The van der Waals surface area contributed by atoms with Crippen LogP contribution in [0, 0.1) is 0 Å². The first-order chi connectivity index (χ1) is 6.40. The van der Waals surface area contributed by atoms with E-state index in [1.165, 1.54) is 17.3 Å². The summed E-state index contributed by atoms with van der Waals surface area (Å²) in [6, 6.07) is 3.40. The summed E-state index contributed by atoms with van der Waals surface area (Å²) >= 11 is 0. The van der Waals surface area contributed by atoms with Gasteiger partial charge in [0.1, 0.15) is 12.7 Å². The van der Waals surface area contributed by atoms with Crippen LogP contribution in [0.4, 0.5) is 0 Å². The van der Waals surface area contributed by atoms with Crippen molar-refractivity contribution in [3.05, 3.63) is 30.5 Å². The molecule has 0 spiro atoms. The van der Waals surface area contributed by atoms with Crippen molar-refractivity contribution in [1.29, 1.82) is 0 Å². The normalized spacial score (nSPS) is 10.2. The molecule has 66 valence electrons. The quantitative estimate of drug-likeness (QED) is 0.672. The third kappa shape index (κ3) is 1.52. The Balaban J connectivity index is 2.33. The van der Waals surface area contributed by atoms with Gasteiger partial charge in [-0.2, -0.15) is 10.2 Å². The Kier molecular flexibility index (Phi) is 1.97. The molecule has 0 aromatic carbocycles. The predicted octanol–water partition coefficient (Wildman–Crippen LogP) is -0.450. The van der Waals surface area contributed by atoms with Gasteiger partial charge in [0, 0.05) is 0 Å². The van der Waals surface area contributed by atoms with Crippen LogP contribution in [0.3, 0.4) is 0 Å². The van der Waals surface area contributed by atoms with E-state index >= 15 is 0 Å². The van der Waals surface area contributed by atoms with Gasteiger partial charge in [0.05, 0.1) is 12.3 Å². The molecule has 2 heterocycles. The molecule has 0 aliphatic heterocycles. The van der Waals surface area contributed by atoms with E-state index in [4.69, 9.17) is 5.11 Å². The summed E-state index contributed by atoms with van der Waals surface area (Å²) < 4.78 is 1.49. The first kappa shape index (κ1) is 7.81. The Morgan fingerprint density at radius 1 is 1.31 bits per heavy atom. The van der Waals surface area contributed by atoms with Gasteiger partial charge in [-0.3, -0.25) is 0 Å². The number of rotatable bonds is 2. The van der Waals surface area contributed by atoms with Crippen LogP contribution in [0.2, 0.25) is 0 Å². The number of hydrogen-bond donors (Lipinski definition) is 1. The highest BCUT2D eigenvalue weighted by molar-refractivity contribution is 5.18. The summed E-state index contributed by atoms with van der Waals surface area (Å²) in [5, 5.41) is 20.2. The molecule has 13 heavy (non-hydrogen) atoms. The van der Waals surface area contributed by atoms with E-state index in [0.29, 0.717) is 11.5 Å². The molecule has 0 radical (unpaired) electrons. The van der Waals surface area contributed by atoms with Crippen LogP contribution in [-0.2, 0) is 6.61 Å². The van der Waals surface area contributed by atoms with Crippen molar-refractivity contribution >= 4 is 0 Å². The lowest BCUT2D eigenvalue weighted by atomic mass is 10.4. The number of aromatic nitrogens is 5. The highest BCUT2D eigenvalue weighted by Gasteiger charge is 1.98. The Bertz CT molecular complexity index is 368. The van der Waals surface area contributed by atoms with E-state index in [0.717, 1.165) is 0 Å².